The summed E-state index contributed by atoms with van der Waals surface area (Å²) in [5.41, 5.74) is 6.06. The Morgan fingerprint density at radius 1 is 1.12 bits per heavy atom. The van der Waals surface area contributed by atoms with Crippen LogP contribution in [-0.2, 0) is 11.0 Å². The number of ether oxygens (including phenoxy) is 1. The zero-order valence-corrected chi connectivity index (χ0v) is 13.9. The maximum Gasteiger partial charge on any atom is 0.416 e. The van der Waals surface area contributed by atoms with E-state index in [0.717, 1.165) is 29.5 Å². The van der Waals surface area contributed by atoms with Crippen LogP contribution in [-0.4, -0.2) is 12.9 Å². The summed E-state index contributed by atoms with van der Waals surface area (Å²) < 4.78 is 44.3. The first-order chi connectivity index (χ1) is 11.8. The van der Waals surface area contributed by atoms with Gasteiger partial charge in [0, 0.05) is 0 Å². The van der Waals surface area contributed by atoms with Gasteiger partial charge in [-0.2, -0.15) is 13.2 Å². The Balaban J connectivity index is 2.04. The van der Waals surface area contributed by atoms with E-state index >= 15 is 0 Å². The molecule has 2 N–H and O–H groups in total. The number of Topliss-reactive ketones (excluding diaryl/α,β-unsaturated/α-hetero) is 1. The largest absolute Gasteiger partial charge is 0.497 e. The summed E-state index contributed by atoms with van der Waals surface area (Å²) in [6.07, 6.45) is -4.55. The van der Waals surface area contributed by atoms with Crippen molar-refractivity contribution < 1.29 is 22.7 Å². The van der Waals surface area contributed by atoms with E-state index in [9.17, 15) is 18.0 Å². The fourth-order valence-electron chi connectivity index (χ4n) is 2.65. The predicted octanol–water partition coefficient (Wildman–Crippen LogP) is 4.40. The molecule has 1 aliphatic heterocycles. The number of alkyl halides is 3. The number of methoxy groups -OCH3 is 1. The van der Waals surface area contributed by atoms with Crippen molar-refractivity contribution in [1.29, 1.82) is 0 Å². The number of hydrogen-bond acceptors (Lipinski definition) is 4. The summed E-state index contributed by atoms with van der Waals surface area (Å²) in [4.78, 5) is 12.8. The molecule has 0 fully saturated rings. The van der Waals surface area contributed by atoms with E-state index in [0.29, 0.717) is 0 Å². The van der Waals surface area contributed by atoms with Crippen molar-refractivity contribution in [2.24, 2.45) is 5.73 Å². The molecule has 130 valence electrons. The molecule has 2 aromatic carbocycles. The van der Waals surface area contributed by atoms with Gasteiger partial charge in [-0.05, 0) is 29.3 Å². The van der Waals surface area contributed by atoms with Crippen molar-refractivity contribution in [2.75, 3.05) is 7.11 Å². The van der Waals surface area contributed by atoms with E-state index in [4.69, 9.17) is 10.5 Å². The Kier molecular flexibility index (Phi) is 4.51. The van der Waals surface area contributed by atoms with Crippen LogP contribution in [0.1, 0.15) is 21.9 Å². The molecule has 0 radical (unpaired) electrons. The Morgan fingerprint density at radius 2 is 1.80 bits per heavy atom. The number of halogens is 3. The monoisotopic (exact) mass is 365 g/mol. The molecule has 1 atom stereocenters. The molecule has 0 saturated heterocycles. The lowest BCUT2D eigenvalue weighted by atomic mass is 9.96. The predicted molar refractivity (Wildman–Crippen MR) is 90.9 cm³/mol. The number of carbonyl (C=O) groups excluding carboxylic acids is 1. The third kappa shape index (κ3) is 3.37. The van der Waals surface area contributed by atoms with E-state index < -0.39 is 17.0 Å². The van der Waals surface area contributed by atoms with Gasteiger partial charge < -0.3 is 10.5 Å². The zero-order chi connectivity index (χ0) is 18.2. The number of ketones is 1. The minimum absolute atomic E-state index is 0.0195. The number of benzene rings is 2. The smallest absolute Gasteiger partial charge is 0.416 e. The van der Waals surface area contributed by atoms with Crippen LogP contribution in [0.25, 0.3) is 5.57 Å². The molecular weight excluding hydrogens is 351 g/mol. The first kappa shape index (κ1) is 17.4. The minimum atomic E-state index is -4.55. The van der Waals surface area contributed by atoms with Gasteiger partial charge in [-0.15, -0.1) is 0 Å². The molecule has 0 bridgehead atoms. The van der Waals surface area contributed by atoms with E-state index in [-0.39, 0.29) is 27.7 Å². The molecule has 0 spiro atoms. The van der Waals surface area contributed by atoms with Crippen LogP contribution in [0, 0.1) is 0 Å². The SMILES string of the molecule is COc1cc(C2=C(N)SC(c3ccccc3)C2=O)cc(C(F)(F)F)c1. The van der Waals surface area contributed by atoms with Crippen molar-refractivity contribution in [1.82, 2.24) is 0 Å². The highest BCUT2D eigenvalue weighted by molar-refractivity contribution is 8.04. The van der Waals surface area contributed by atoms with Gasteiger partial charge in [-0.3, -0.25) is 4.79 Å². The molecule has 0 amide bonds. The molecule has 25 heavy (non-hydrogen) atoms. The summed E-state index contributed by atoms with van der Waals surface area (Å²) in [7, 11) is 1.27. The lowest BCUT2D eigenvalue weighted by Crippen LogP contribution is -2.10. The Bertz CT molecular complexity index is 847. The first-order valence-corrected chi connectivity index (χ1v) is 8.21. The number of carbonyl (C=O) groups is 1. The average molecular weight is 365 g/mol. The van der Waals surface area contributed by atoms with Gasteiger partial charge in [0.25, 0.3) is 0 Å². The van der Waals surface area contributed by atoms with Crippen LogP contribution in [0.5, 0.6) is 5.75 Å². The number of thioether (sulfide) groups is 1. The standard InChI is InChI=1S/C18H14F3NO2S/c1-24-13-8-11(7-12(9-13)18(19,20)21)14-15(23)16(25-17(14)22)10-5-3-2-4-6-10/h2-9,16H,22H2,1H3. The molecule has 3 rings (SSSR count). The number of nitrogens with two attached hydrogens (primary N) is 1. The van der Waals surface area contributed by atoms with Crippen molar-refractivity contribution >= 4 is 23.1 Å². The second-order valence-electron chi connectivity index (χ2n) is 5.46. The van der Waals surface area contributed by atoms with E-state index in [2.05, 4.69) is 0 Å². The quantitative estimate of drug-likeness (QED) is 0.876. The van der Waals surface area contributed by atoms with Gasteiger partial charge >= 0.3 is 6.18 Å². The molecule has 1 heterocycles. The second kappa shape index (κ2) is 6.48. The fourth-order valence-corrected chi connectivity index (χ4v) is 3.76. The van der Waals surface area contributed by atoms with Gasteiger partial charge in [0.1, 0.15) is 5.75 Å². The second-order valence-corrected chi connectivity index (χ2v) is 6.61. The van der Waals surface area contributed by atoms with Crippen molar-refractivity contribution in [2.45, 2.75) is 11.4 Å². The van der Waals surface area contributed by atoms with E-state index in [1.807, 2.05) is 6.07 Å². The molecule has 1 unspecified atom stereocenters. The molecular formula is C18H14F3NO2S. The molecule has 0 aromatic heterocycles. The van der Waals surface area contributed by atoms with Gasteiger partial charge in [-0.1, -0.05) is 42.1 Å². The van der Waals surface area contributed by atoms with E-state index in [1.165, 1.54) is 13.2 Å². The fraction of sp³-hybridized carbons (Fsp3) is 0.167. The molecule has 1 aliphatic rings. The minimum Gasteiger partial charge on any atom is -0.497 e. The summed E-state index contributed by atoms with van der Waals surface area (Å²) in [5, 5.41) is -0.350. The lowest BCUT2D eigenvalue weighted by Gasteiger charge is -2.13. The maximum atomic E-state index is 13.1. The van der Waals surface area contributed by atoms with Gasteiger partial charge in [0.15, 0.2) is 5.78 Å². The molecule has 7 heteroatoms. The number of allylic oxidation sites excluding steroid dienone is 1. The molecule has 3 nitrogen and oxygen atoms in total. The number of rotatable bonds is 3. The average Bonchev–Trinajstić information content (AvgIpc) is 2.89. The van der Waals surface area contributed by atoms with Crippen LogP contribution in [0.4, 0.5) is 13.2 Å². The summed E-state index contributed by atoms with van der Waals surface area (Å²) in [5.74, 6) is -0.291. The van der Waals surface area contributed by atoms with Gasteiger partial charge in [0.05, 0.1) is 28.5 Å². The number of hydrogen-bond donors (Lipinski definition) is 1. The van der Waals surface area contributed by atoms with Crippen LogP contribution in [0.15, 0.2) is 53.6 Å². The van der Waals surface area contributed by atoms with Crippen molar-refractivity contribution in [3.63, 3.8) is 0 Å². The normalized spacial score (nSPS) is 17.9. The first-order valence-electron chi connectivity index (χ1n) is 7.33. The maximum absolute atomic E-state index is 13.1. The zero-order valence-electron chi connectivity index (χ0n) is 13.1. The third-order valence-electron chi connectivity index (χ3n) is 3.84. The summed E-state index contributed by atoms with van der Waals surface area (Å²) in [6.45, 7) is 0. The highest BCUT2D eigenvalue weighted by Crippen LogP contribution is 2.47. The summed E-state index contributed by atoms with van der Waals surface area (Å²) >= 11 is 1.14. The topological polar surface area (TPSA) is 52.3 Å². The molecule has 0 aliphatic carbocycles. The van der Waals surface area contributed by atoms with Crippen molar-refractivity contribution in [3.05, 3.63) is 70.3 Å². The van der Waals surface area contributed by atoms with Gasteiger partial charge in [-0.25, -0.2) is 0 Å². The lowest BCUT2D eigenvalue weighted by molar-refractivity contribution is -0.137. The Hall–Kier alpha value is -2.41. The van der Waals surface area contributed by atoms with E-state index in [1.54, 1.807) is 24.3 Å². The van der Waals surface area contributed by atoms with Crippen LogP contribution >= 0.6 is 11.8 Å². The van der Waals surface area contributed by atoms with Gasteiger partial charge in [0.2, 0.25) is 0 Å². The summed E-state index contributed by atoms with van der Waals surface area (Å²) in [6, 6.07) is 12.2. The molecule has 2 aromatic rings. The van der Waals surface area contributed by atoms with Crippen LogP contribution in [0.3, 0.4) is 0 Å². The van der Waals surface area contributed by atoms with Crippen molar-refractivity contribution in [3.8, 4) is 5.75 Å². The Labute approximate surface area is 146 Å². The Morgan fingerprint density at radius 3 is 2.40 bits per heavy atom. The van der Waals surface area contributed by atoms with Crippen LogP contribution < -0.4 is 10.5 Å². The highest BCUT2D eigenvalue weighted by Gasteiger charge is 2.37. The third-order valence-corrected chi connectivity index (χ3v) is 5.02. The van der Waals surface area contributed by atoms with Crippen LogP contribution in [0.2, 0.25) is 0 Å². The molecule has 0 saturated carbocycles. The highest BCUT2D eigenvalue weighted by atomic mass is 32.2.